The number of benzene rings is 1. The van der Waals surface area contributed by atoms with E-state index in [1.54, 1.807) is 7.11 Å². The summed E-state index contributed by atoms with van der Waals surface area (Å²) in [6, 6.07) is 5.59. The number of nitrogens with one attached hydrogen (secondary N) is 1. The van der Waals surface area contributed by atoms with Crippen molar-refractivity contribution in [1.29, 1.82) is 0 Å². The molecule has 0 saturated carbocycles. The standard InChI is InChI=1S/C13H15NO4/c1-18-11-3-2-8-4-9(6-12(15)16)13(17)14-7-10(8)5-11/h2-3,5,9H,4,6-7H2,1H3,(H,14,17)(H,15,16). The van der Waals surface area contributed by atoms with E-state index in [1.807, 2.05) is 18.2 Å². The number of carboxylic acid groups (broad SMARTS) is 1. The molecule has 1 atom stereocenters. The molecule has 18 heavy (non-hydrogen) atoms. The van der Waals surface area contributed by atoms with Gasteiger partial charge in [0.25, 0.3) is 0 Å². The molecule has 96 valence electrons. The number of methoxy groups -OCH3 is 1. The Morgan fingerprint density at radius 3 is 2.94 bits per heavy atom. The van der Waals surface area contributed by atoms with Gasteiger partial charge in [-0.25, -0.2) is 0 Å². The van der Waals surface area contributed by atoms with Gasteiger partial charge in [-0.15, -0.1) is 0 Å². The monoisotopic (exact) mass is 249 g/mol. The number of hydrogen-bond acceptors (Lipinski definition) is 3. The highest BCUT2D eigenvalue weighted by molar-refractivity contribution is 5.84. The molecule has 1 aromatic carbocycles. The largest absolute Gasteiger partial charge is 0.497 e. The summed E-state index contributed by atoms with van der Waals surface area (Å²) in [5.74, 6) is -0.920. The molecular formula is C13H15NO4. The van der Waals surface area contributed by atoms with Crippen LogP contribution >= 0.6 is 0 Å². The second-order valence-corrected chi connectivity index (χ2v) is 4.35. The summed E-state index contributed by atoms with van der Waals surface area (Å²) in [7, 11) is 1.59. The molecule has 0 fully saturated rings. The molecule has 0 bridgehead atoms. The molecular weight excluding hydrogens is 234 g/mol. The van der Waals surface area contributed by atoms with Crippen molar-refractivity contribution in [3.63, 3.8) is 0 Å². The zero-order valence-corrected chi connectivity index (χ0v) is 10.1. The highest BCUT2D eigenvalue weighted by atomic mass is 16.5. The predicted molar refractivity (Wildman–Crippen MR) is 64.3 cm³/mol. The average molecular weight is 249 g/mol. The second kappa shape index (κ2) is 5.08. The molecule has 1 heterocycles. The van der Waals surface area contributed by atoms with E-state index < -0.39 is 11.9 Å². The molecule has 5 heteroatoms. The lowest BCUT2D eigenvalue weighted by molar-refractivity contribution is -0.141. The number of carbonyl (C=O) groups is 2. The first-order valence-corrected chi connectivity index (χ1v) is 5.75. The normalized spacial score (nSPS) is 18.5. The van der Waals surface area contributed by atoms with Gasteiger partial charge in [-0.2, -0.15) is 0 Å². The Kier molecular flexibility index (Phi) is 3.50. The number of hydrogen-bond donors (Lipinski definition) is 2. The third-order valence-corrected chi connectivity index (χ3v) is 3.12. The van der Waals surface area contributed by atoms with Crippen LogP contribution in [0.5, 0.6) is 5.75 Å². The van der Waals surface area contributed by atoms with Crippen LogP contribution in [0, 0.1) is 5.92 Å². The Bertz CT molecular complexity index is 484. The van der Waals surface area contributed by atoms with Gasteiger partial charge >= 0.3 is 5.97 Å². The van der Waals surface area contributed by atoms with Crippen molar-refractivity contribution in [2.45, 2.75) is 19.4 Å². The fraction of sp³-hybridized carbons (Fsp3) is 0.385. The summed E-state index contributed by atoms with van der Waals surface area (Å²) in [5.41, 5.74) is 1.98. The molecule has 0 aliphatic carbocycles. The topological polar surface area (TPSA) is 75.6 Å². The van der Waals surface area contributed by atoms with E-state index in [2.05, 4.69) is 5.32 Å². The van der Waals surface area contributed by atoms with E-state index in [-0.39, 0.29) is 12.3 Å². The van der Waals surface area contributed by atoms with Crippen molar-refractivity contribution in [3.8, 4) is 5.75 Å². The van der Waals surface area contributed by atoms with Gasteiger partial charge < -0.3 is 15.2 Å². The van der Waals surface area contributed by atoms with Crippen LogP contribution in [0.3, 0.4) is 0 Å². The van der Waals surface area contributed by atoms with Crippen molar-refractivity contribution in [3.05, 3.63) is 29.3 Å². The van der Waals surface area contributed by atoms with Crippen LogP contribution < -0.4 is 10.1 Å². The molecule has 0 aromatic heterocycles. The quantitative estimate of drug-likeness (QED) is 0.836. The van der Waals surface area contributed by atoms with E-state index in [1.165, 1.54) is 0 Å². The molecule has 1 amide bonds. The van der Waals surface area contributed by atoms with E-state index in [4.69, 9.17) is 9.84 Å². The molecule has 2 N–H and O–H groups in total. The third kappa shape index (κ3) is 2.61. The number of ether oxygens (including phenoxy) is 1. The van der Waals surface area contributed by atoms with Gasteiger partial charge in [0, 0.05) is 6.54 Å². The molecule has 0 spiro atoms. The Hall–Kier alpha value is -2.04. The minimum atomic E-state index is -0.952. The first kappa shape index (κ1) is 12.4. The van der Waals surface area contributed by atoms with Crippen molar-refractivity contribution >= 4 is 11.9 Å². The van der Waals surface area contributed by atoms with Crippen molar-refractivity contribution in [2.24, 2.45) is 5.92 Å². The molecule has 2 rings (SSSR count). The van der Waals surface area contributed by atoms with E-state index >= 15 is 0 Å². The SMILES string of the molecule is COc1ccc2c(c1)CNC(=O)C(CC(=O)O)C2. The van der Waals surface area contributed by atoms with Gasteiger partial charge in [0.15, 0.2) is 0 Å². The number of aliphatic carboxylic acids is 1. The van der Waals surface area contributed by atoms with E-state index in [9.17, 15) is 9.59 Å². The van der Waals surface area contributed by atoms with Crippen molar-refractivity contribution in [1.82, 2.24) is 5.32 Å². The van der Waals surface area contributed by atoms with Gasteiger partial charge in [-0.1, -0.05) is 6.07 Å². The van der Waals surface area contributed by atoms with Gasteiger partial charge in [0.1, 0.15) is 5.75 Å². The molecule has 1 aliphatic heterocycles. The number of carbonyl (C=O) groups excluding carboxylic acids is 1. The van der Waals surface area contributed by atoms with Crippen LogP contribution in [0.4, 0.5) is 0 Å². The molecule has 1 unspecified atom stereocenters. The summed E-state index contributed by atoms with van der Waals surface area (Å²) in [5, 5.41) is 11.6. The summed E-state index contributed by atoms with van der Waals surface area (Å²) >= 11 is 0. The Morgan fingerprint density at radius 2 is 2.28 bits per heavy atom. The maximum Gasteiger partial charge on any atom is 0.304 e. The molecule has 5 nitrogen and oxygen atoms in total. The number of fused-ring (bicyclic) bond motifs is 1. The summed E-state index contributed by atoms with van der Waals surface area (Å²) in [4.78, 5) is 22.5. The lowest BCUT2D eigenvalue weighted by Crippen LogP contribution is -2.30. The minimum absolute atomic E-state index is 0.142. The van der Waals surface area contributed by atoms with E-state index in [0.717, 1.165) is 16.9 Å². The Labute approximate surface area is 105 Å². The van der Waals surface area contributed by atoms with Gasteiger partial charge in [-0.3, -0.25) is 9.59 Å². The third-order valence-electron chi connectivity index (χ3n) is 3.12. The molecule has 0 radical (unpaired) electrons. The maximum absolute atomic E-state index is 11.8. The minimum Gasteiger partial charge on any atom is -0.497 e. The van der Waals surface area contributed by atoms with Gasteiger partial charge in [-0.05, 0) is 29.7 Å². The van der Waals surface area contributed by atoms with Gasteiger partial charge in [0.05, 0.1) is 19.4 Å². The van der Waals surface area contributed by atoms with Crippen LogP contribution in [0.2, 0.25) is 0 Å². The van der Waals surface area contributed by atoms with Crippen molar-refractivity contribution in [2.75, 3.05) is 7.11 Å². The summed E-state index contributed by atoms with van der Waals surface area (Å²) in [6.45, 7) is 0.418. The van der Waals surface area contributed by atoms with Crippen LogP contribution in [0.15, 0.2) is 18.2 Å². The van der Waals surface area contributed by atoms with Crippen LogP contribution in [-0.2, 0) is 22.6 Å². The van der Waals surface area contributed by atoms with Crippen LogP contribution in [0.1, 0.15) is 17.5 Å². The Morgan fingerprint density at radius 1 is 1.50 bits per heavy atom. The average Bonchev–Trinajstić information content (AvgIpc) is 2.49. The highest BCUT2D eigenvalue weighted by Crippen LogP contribution is 2.24. The molecule has 0 saturated heterocycles. The zero-order valence-electron chi connectivity index (χ0n) is 10.1. The molecule has 1 aliphatic rings. The number of amides is 1. The zero-order chi connectivity index (χ0) is 13.1. The Balaban J connectivity index is 2.26. The number of carboxylic acids is 1. The van der Waals surface area contributed by atoms with Crippen molar-refractivity contribution < 1.29 is 19.4 Å². The first-order chi connectivity index (χ1) is 8.60. The lowest BCUT2D eigenvalue weighted by atomic mass is 9.94. The first-order valence-electron chi connectivity index (χ1n) is 5.75. The van der Waals surface area contributed by atoms with Crippen LogP contribution in [-0.4, -0.2) is 24.1 Å². The highest BCUT2D eigenvalue weighted by Gasteiger charge is 2.26. The van der Waals surface area contributed by atoms with Gasteiger partial charge in [0.2, 0.25) is 5.91 Å². The molecule has 1 aromatic rings. The summed E-state index contributed by atoms with van der Waals surface area (Å²) in [6.07, 6.45) is 0.314. The fourth-order valence-corrected chi connectivity index (χ4v) is 2.15. The summed E-state index contributed by atoms with van der Waals surface area (Å²) < 4.78 is 5.13. The predicted octanol–water partition coefficient (Wildman–Crippen LogP) is 0.958. The van der Waals surface area contributed by atoms with Crippen LogP contribution in [0.25, 0.3) is 0 Å². The smallest absolute Gasteiger partial charge is 0.304 e. The second-order valence-electron chi connectivity index (χ2n) is 4.35. The lowest BCUT2D eigenvalue weighted by Gasteiger charge is -2.10. The maximum atomic E-state index is 11.8. The fourth-order valence-electron chi connectivity index (χ4n) is 2.15. The van der Waals surface area contributed by atoms with E-state index in [0.29, 0.717) is 13.0 Å². The number of rotatable bonds is 3.